The smallest absolute Gasteiger partial charge is 0.127 e. The molecule has 1 aliphatic rings. The molecule has 0 fully saturated rings. The van der Waals surface area contributed by atoms with Gasteiger partial charge in [0.15, 0.2) is 0 Å². The molecule has 22 heavy (non-hydrogen) atoms. The molecule has 0 aromatic heterocycles. The molecule has 1 N–H and O–H groups in total. The SMILES string of the molecule is Cc1c(C)c2c(c(C)c1O)CC[C@@](C)(CC[P+](C)(C)C)O2.[Br-]. The maximum absolute atomic E-state index is 10.2. The summed E-state index contributed by atoms with van der Waals surface area (Å²) in [5.41, 5.74) is 4.21. The van der Waals surface area contributed by atoms with Crippen molar-refractivity contribution >= 4 is 7.26 Å². The van der Waals surface area contributed by atoms with Gasteiger partial charge in [-0.05, 0) is 57.2 Å². The van der Waals surface area contributed by atoms with Crippen LogP contribution in [0.5, 0.6) is 11.5 Å². The molecule has 1 heterocycles. The van der Waals surface area contributed by atoms with E-state index < -0.39 is 7.26 Å². The first-order valence-electron chi connectivity index (χ1n) is 7.85. The van der Waals surface area contributed by atoms with E-state index in [1.807, 2.05) is 13.8 Å². The van der Waals surface area contributed by atoms with Gasteiger partial charge in [0, 0.05) is 39.2 Å². The van der Waals surface area contributed by atoms with Crippen molar-refractivity contribution in [2.75, 3.05) is 26.2 Å². The summed E-state index contributed by atoms with van der Waals surface area (Å²) in [6.07, 6.45) is 4.45. The molecule has 1 aromatic rings. The van der Waals surface area contributed by atoms with Gasteiger partial charge in [-0.25, -0.2) is 0 Å². The Hall–Kier alpha value is -0.270. The molecular formula is C18H30BrO2P. The summed E-state index contributed by atoms with van der Waals surface area (Å²) >= 11 is 0. The average Bonchev–Trinajstić information content (AvgIpc) is 2.40. The zero-order valence-corrected chi connectivity index (χ0v) is 17.5. The minimum atomic E-state index is -0.768. The summed E-state index contributed by atoms with van der Waals surface area (Å²) in [4.78, 5) is 0. The lowest BCUT2D eigenvalue weighted by Gasteiger charge is -2.38. The van der Waals surface area contributed by atoms with Crippen molar-refractivity contribution in [1.82, 2.24) is 0 Å². The molecule has 1 aliphatic heterocycles. The van der Waals surface area contributed by atoms with Crippen molar-refractivity contribution in [2.24, 2.45) is 0 Å². The highest BCUT2D eigenvalue weighted by Gasteiger charge is 2.36. The monoisotopic (exact) mass is 388 g/mol. The van der Waals surface area contributed by atoms with Crippen LogP contribution in [0.2, 0.25) is 0 Å². The van der Waals surface area contributed by atoms with Gasteiger partial charge in [0.25, 0.3) is 0 Å². The first-order chi connectivity index (χ1) is 9.54. The van der Waals surface area contributed by atoms with E-state index >= 15 is 0 Å². The Bertz CT molecular complexity index is 563. The number of hydrogen-bond acceptors (Lipinski definition) is 2. The van der Waals surface area contributed by atoms with Crippen LogP contribution in [0.1, 0.15) is 42.0 Å². The van der Waals surface area contributed by atoms with E-state index in [1.165, 1.54) is 11.7 Å². The number of fused-ring (bicyclic) bond motifs is 1. The number of phenols is 1. The summed E-state index contributed by atoms with van der Waals surface area (Å²) < 4.78 is 6.47. The van der Waals surface area contributed by atoms with Crippen molar-refractivity contribution in [2.45, 2.75) is 52.6 Å². The fourth-order valence-corrected chi connectivity index (χ4v) is 4.19. The van der Waals surface area contributed by atoms with E-state index in [4.69, 9.17) is 4.74 Å². The number of phenolic OH excluding ortho intramolecular Hbond substituents is 1. The van der Waals surface area contributed by atoms with Crippen LogP contribution in [0.25, 0.3) is 0 Å². The second-order valence-electron chi connectivity index (χ2n) is 7.85. The van der Waals surface area contributed by atoms with Crippen molar-refractivity contribution < 1.29 is 26.8 Å². The van der Waals surface area contributed by atoms with Gasteiger partial charge in [0.1, 0.15) is 17.1 Å². The van der Waals surface area contributed by atoms with Gasteiger partial charge in [0.2, 0.25) is 0 Å². The number of ether oxygens (including phenoxy) is 1. The Morgan fingerprint density at radius 1 is 1.09 bits per heavy atom. The summed E-state index contributed by atoms with van der Waals surface area (Å²) in [5, 5.41) is 10.2. The quantitative estimate of drug-likeness (QED) is 0.798. The molecule has 0 saturated carbocycles. The van der Waals surface area contributed by atoms with Gasteiger partial charge in [0.05, 0.1) is 6.16 Å². The van der Waals surface area contributed by atoms with Crippen LogP contribution in [0.3, 0.4) is 0 Å². The molecule has 0 bridgehead atoms. The third kappa shape index (κ3) is 3.97. The summed E-state index contributed by atoms with van der Waals surface area (Å²) in [5.74, 6) is 1.47. The van der Waals surface area contributed by atoms with Crippen LogP contribution < -0.4 is 21.7 Å². The molecule has 0 amide bonds. The van der Waals surface area contributed by atoms with Crippen LogP contribution >= 0.6 is 7.26 Å². The number of halogens is 1. The Labute approximate surface area is 146 Å². The molecule has 0 spiro atoms. The summed E-state index contributed by atoms with van der Waals surface area (Å²) in [7, 11) is -0.768. The lowest BCUT2D eigenvalue weighted by Crippen LogP contribution is -3.00. The van der Waals surface area contributed by atoms with Crippen molar-refractivity contribution in [3.63, 3.8) is 0 Å². The highest BCUT2D eigenvalue weighted by molar-refractivity contribution is 7.73. The van der Waals surface area contributed by atoms with Crippen molar-refractivity contribution in [1.29, 1.82) is 0 Å². The third-order valence-corrected chi connectivity index (χ3v) is 6.47. The first-order valence-corrected chi connectivity index (χ1v) is 11.2. The molecule has 0 radical (unpaired) electrons. The molecule has 2 rings (SSSR count). The minimum Gasteiger partial charge on any atom is -1.00 e. The normalized spacial score (nSPS) is 20.9. The fraction of sp³-hybridized carbons (Fsp3) is 0.667. The van der Waals surface area contributed by atoms with Crippen LogP contribution in [0, 0.1) is 20.8 Å². The van der Waals surface area contributed by atoms with Crippen LogP contribution in [0.15, 0.2) is 0 Å². The highest BCUT2D eigenvalue weighted by atomic mass is 79.9. The van der Waals surface area contributed by atoms with E-state index in [-0.39, 0.29) is 22.6 Å². The molecule has 1 aromatic carbocycles. The Morgan fingerprint density at radius 3 is 2.23 bits per heavy atom. The number of rotatable bonds is 3. The Morgan fingerprint density at radius 2 is 1.68 bits per heavy atom. The van der Waals surface area contributed by atoms with Gasteiger partial charge in [-0.1, -0.05) is 0 Å². The number of hydrogen-bond donors (Lipinski definition) is 1. The molecule has 126 valence electrons. The van der Waals surface area contributed by atoms with Gasteiger partial charge in [-0.2, -0.15) is 0 Å². The third-order valence-electron chi connectivity index (χ3n) is 4.90. The lowest BCUT2D eigenvalue weighted by molar-refractivity contribution is -0.0000102. The molecule has 2 nitrogen and oxygen atoms in total. The van der Waals surface area contributed by atoms with E-state index in [0.29, 0.717) is 5.75 Å². The average molecular weight is 389 g/mol. The van der Waals surface area contributed by atoms with Gasteiger partial charge in [-0.3, -0.25) is 0 Å². The standard InChI is InChI=1S/C18H29O2P.BrH/c1-12-13(2)17-15(14(3)16(12)19)8-9-18(4,20-17)10-11-21(5,6)7;/h8-11H2,1-7H3;1H/t18-;/m0./s1. The maximum atomic E-state index is 10.2. The van der Waals surface area contributed by atoms with Gasteiger partial charge >= 0.3 is 0 Å². The van der Waals surface area contributed by atoms with Crippen molar-refractivity contribution in [3.05, 3.63) is 22.3 Å². The summed E-state index contributed by atoms with van der Waals surface area (Å²) in [6.45, 7) is 15.5. The molecule has 4 heteroatoms. The largest absolute Gasteiger partial charge is 1.00 e. The molecule has 0 saturated heterocycles. The lowest BCUT2D eigenvalue weighted by atomic mass is 9.86. The zero-order chi connectivity index (χ0) is 16.0. The maximum Gasteiger partial charge on any atom is 0.127 e. The van der Waals surface area contributed by atoms with Crippen LogP contribution in [0.4, 0.5) is 0 Å². The van der Waals surface area contributed by atoms with E-state index in [9.17, 15) is 5.11 Å². The predicted molar refractivity (Wildman–Crippen MR) is 93.8 cm³/mol. The Kier molecular flexibility index (Phi) is 6.01. The predicted octanol–water partition coefficient (Wildman–Crippen LogP) is 1.70. The first kappa shape index (κ1) is 19.8. The van der Waals surface area contributed by atoms with E-state index in [0.717, 1.165) is 41.7 Å². The second-order valence-corrected chi connectivity index (χ2v) is 12.9. The second kappa shape index (κ2) is 6.69. The molecule has 1 atom stereocenters. The van der Waals surface area contributed by atoms with Gasteiger partial charge in [-0.15, -0.1) is 0 Å². The Balaban J connectivity index is 0.00000242. The minimum absolute atomic E-state index is 0. The molecular weight excluding hydrogens is 359 g/mol. The van der Waals surface area contributed by atoms with Crippen LogP contribution in [-0.4, -0.2) is 36.9 Å². The van der Waals surface area contributed by atoms with Gasteiger partial charge < -0.3 is 26.8 Å². The van der Waals surface area contributed by atoms with E-state index in [2.05, 4.69) is 33.8 Å². The van der Waals surface area contributed by atoms with Crippen LogP contribution in [-0.2, 0) is 6.42 Å². The zero-order valence-electron chi connectivity index (χ0n) is 15.0. The fourth-order valence-electron chi connectivity index (χ4n) is 3.04. The molecule has 0 unspecified atom stereocenters. The highest BCUT2D eigenvalue weighted by Crippen LogP contribution is 2.50. The topological polar surface area (TPSA) is 29.5 Å². The summed E-state index contributed by atoms with van der Waals surface area (Å²) in [6, 6.07) is 0. The number of benzene rings is 1. The van der Waals surface area contributed by atoms with E-state index in [1.54, 1.807) is 0 Å². The number of aromatic hydroxyl groups is 1. The van der Waals surface area contributed by atoms with Crippen molar-refractivity contribution in [3.8, 4) is 11.5 Å². The molecule has 0 aliphatic carbocycles.